The second-order valence-corrected chi connectivity index (χ2v) is 6.55. The first-order valence-electron chi connectivity index (χ1n) is 8.67. The molecule has 0 N–H and O–H groups in total. The van der Waals surface area contributed by atoms with Crippen LogP contribution < -0.4 is 0 Å². The SMILES string of the molecule is CCn1nnc(C)c1C(=O)N1CCCC(c2cccc(C(F)(F)F)c2)C1. The minimum atomic E-state index is -4.36. The highest BCUT2D eigenvalue weighted by atomic mass is 19.4. The molecule has 0 aliphatic carbocycles. The highest BCUT2D eigenvalue weighted by molar-refractivity contribution is 5.93. The molecule has 0 saturated carbocycles. The minimum absolute atomic E-state index is 0.110. The first kappa shape index (κ1) is 18.4. The molecular weight excluding hydrogens is 345 g/mol. The Balaban J connectivity index is 1.82. The fourth-order valence-corrected chi connectivity index (χ4v) is 3.44. The molecule has 1 aromatic carbocycles. The van der Waals surface area contributed by atoms with Crippen LogP contribution in [0.25, 0.3) is 0 Å². The summed E-state index contributed by atoms with van der Waals surface area (Å²) in [5, 5.41) is 7.92. The fourth-order valence-electron chi connectivity index (χ4n) is 3.44. The molecule has 2 heterocycles. The molecule has 1 saturated heterocycles. The quantitative estimate of drug-likeness (QED) is 0.833. The van der Waals surface area contributed by atoms with Gasteiger partial charge in [0.2, 0.25) is 0 Å². The zero-order valence-electron chi connectivity index (χ0n) is 14.8. The maximum absolute atomic E-state index is 13.0. The van der Waals surface area contributed by atoms with Gasteiger partial charge in [-0.2, -0.15) is 13.2 Å². The molecule has 140 valence electrons. The Hall–Kier alpha value is -2.38. The number of aryl methyl sites for hydroxylation is 2. The summed E-state index contributed by atoms with van der Waals surface area (Å²) in [6, 6.07) is 5.40. The predicted octanol–water partition coefficient (Wildman–Crippen LogP) is 3.65. The van der Waals surface area contributed by atoms with Crippen molar-refractivity contribution in [1.82, 2.24) is 19.9 Å². The molecule has 1 atom stereocenters. The Kier molecular flexibility index (Phi) is 5.02. The summed E-state index contributed by atoms with van der Waals surface area (Å²) in [5.41, 5.74) is 0.994. The summed E-state index contributed by atoms with van der Waals surface area (Å²) >= 11 is 0. The summed E-state index contributed by atoms with van der Waals surface area (Å²) in [6.45, 7) is 5.14. The minimum Gasteiger partial charge on any atom is -0.337 e. The van der Waals surface area contributed by atoms with E-state index in [9.17, 15) is 18.0 Å². The van der Waals surface area contributed by atoms with Gasteiger partial charge in [0.05, 0.1) is 11.3 Å². The molecule has 3 rings (SSSR count). The molecule has 2 aromatic rings. The number of aromatic nitrogens is 3. The van der Waals surface area contributed by atoms with E-state index in [0.717, 1.165) is 18.9 Å². The van der Waals surface area contributed by atoms with Gasteiger partial charge < -0.3 is 4.90 Å². The Morgan fingerprint density at radius 1 is 1.35 bits per heavy atom. The Bertz CT molecular complexity index is 800. The number of carbonyl (C=O) groups is 1. The van der Waals surface area contributed by atoms with E-state index in [2.05, 4.69) is 10.3 Å². The topological polar surface area (TPSA) is 51.0 Å². The van der Waals surface area contributed by atoms with Gasteiger partial charge in [-0.3, -0.25) is 4.79 Å². The highest BCUT2D eigenvalue weighted by Crippen LogP contribution is 2.33. The first-order chi connectivity index (χ1) is 12.3. The largest absolute Gasteiger partial charge is 0.416 e. The van der Waals surface area contributed by atoms with Gasteiger partial charge in [0.25, 0.3) is 5.91 Å². The van der Waals surface area contributed by atoms with Crippen LogP contribution >= 0.6 is 0 Å². The Morgan fingerprint density at radius 2 is 2.12 bits per heavy atom. The molecule has 1 aliphatic heterocycles. The molecule has 1 aromatic heterocycles. The van der Waals surface area contributed by atoms with E-state index in [4.69, 9.17) is 0 Å². The molecule has 26 heavy (non-hydrogen) atoms. The van der Waals surface area contributed by atoms with Crippen LogP contribution in [0.15, 0.2) is 24.3 Å². The van der Waals surface area contributed by atoms with E-state index < -0.39 is 11.7 Å². The average Bonchev–Trinajstić information content (AvgIpc) is 3.01. The number of halogens is 3. The van der Waals surface area contributed by atoms with Crippen molar-refractivity contribution in [3.05, 3.63) is 46.8 Å². The third-order valence-corrected chi connectivity index (χ3v) is 4.80. The van der Waals surface area contributed by atoms with Crippen molar-refractivity contribution in [2.75, 3.05) is 13.1 Å². The van der Waals surface area contributed by atoms with Gasteiger partial charge >= 0.3 is 6.18 Å². The van der Waals surface area contributed by atoms with Gasteiger partial charge in [0, 0.05) is 25.6 Å². The van der Waals surface area contributed by atoms with Crippen LogP contribution in [0, 0.1) is 6.92 Å². The lowest BCUT2D eigenvalue weighted by Crippen LogP contribution is -2.40. The molecule has 8 heteroatoms. The predicted molar refractivity (Wildman–Crippen MR) is 89.8 cm³/mol. The van der Waals surface area contributed by atoms with Crippen LogP contribution in [-0.2, 0) is 12.7 Å². The Morgan fingerprint density at radius 3 is 2.81 bits per heavy atom. The third kappa shape index (κ3) is 3.59. The molecule has 1 aliphatic rings. The van der Waals surface area contributed by atoms with Crippen molar-refractivity contribution in [2.45, 2.75) is 45.3 Å². The number of nitrogens with zero attached hydrogens (tertiary/aromatic N) is 4. The Labute approximate surface area is 149 Å². The maximum Gasteiger partial charge on any atom is 0.416 e. The van der Waals surface area contributed by atoms with E-state index in [-0.39, 0.29) is 11.8 Å². The lowest BCUT2D eigenvalue weighted by Gasteiger charge is -2.33. The zero-order valence-corrected chi connectivity index (χ0v) is 14.8. The molecule has 0 bridgehead atoms. The van der Waals surface area contributed by atoms with Crippen molar-refractivity contribution >= 4 is 5.91 Å². The average molecular weight is 366 g/mol. The molecule has 5 nitrogen and oxygen atoms in total. The molecule has 1 fully saturated rings. The van der Waals surface area contributed by atoms with E-state index in [1.54, 1.807) is 22.6 Å². The van der Waals surface area contributed by atoms with E-state index >= 15 is 0 Å². The number of amides is 1. The highest BCUT2D eigenvalue weighted by Gasteiger charge is 2.33. The number of carbonyl (C=O) groups excluding carboxylic acids is 1. The number of likely N-dealkylation sites (tertiary alicyclic amines) is 1. The van der Waals surface area contributed by atoms with Crippen LogP contribution in [0.4, 0.5) is 13.2 Å². The molecular formula is C18H21F3N4O. The van der Waals surface area contributed by atoms with Crippen molar-refractivity contribution in [2.24, 2.45) is 0 Å². The summed E-state index contributed by atoms with van der Waals surface area (Å²) in [5.74, 6) is -0.271. The van der Waals surface area contributed by atoms with Crippen molar-refractivity contribution in [1.29, 1.82) is 0 Å². The summed E-state index contributed by atoms with van der Waals surface area (Å²) in [7, 11) is 0. The first-order valence-corrected chi connectivity index (χ1v) is 8.67. The second kappa shape index (κ2) is 7.09. The maximum atomic E-state index is 13.0. The lowest BCUT2D eigenvalue weighted by atomic mass is 9.89. The van der Waals surface area contributed by atoms with Gasteiger partial charge in [-0.1, -0.05) is 23.4 Å². The molecule has 1 unspecified atom stereocenters. The number of rotatable bonds is 3. The van der Waals surface area contributed by atoms with Crippen molar-refractivity contribution < 1.29 is 18.0 Å². The van der Waals surface area contributed by atoms with Gasteiger partial charge in [-0.05, 0) is 38.3 Å². The normalized spacial score (nSPS) is 18.2. The second-order valence-electron chi connectivity index (χ2n) is 6.55. The number of alkyl halides is 3. The van der Waals surface area contributed by atoms with Crippen LogP contribution in [-0.4, -0.2) is 38.9 Å². The zero-order chi connectivity index (χ0) is 18.9. The van der Waals surface area contributed by atoms with Crippen molar-refractivity contribution in [3.63, 3.8) is 0 Å². The lowest BCUT2D eigenvalue weighted by molar-refractivity contribution is -0.137. The van der Waals surface area contributed by atoms with E-state index in [1.165, 1.54) is 12.1 Å². The monoisotopic (exact) mass is 366 g/mol. The number of piperidine rings is 1. The van der Waals surface area contributed by atoms with Crippen LogP contribution in [0.5, 0.6) is 0 Å². The number of benzene rings is 1. The summed E-state index contributed by atoms with van der Waals surface area (Å²) in [6.07, 6.45) is -2.86. The molecule has 0 radical (unpaired) electrons. The van der Waals surface area contributed by atoms with Crippen LogP contribution in [0.2, 0.25) is 0 Å². The number of hydrogen-bond donors (Lipinski definition) is 0. The van der Waals surface area contributed by atoms with Crippen LogP contribution in [0.3, 0.4) is 0 Å². The standard InChI is InChI=1S/C18H21F3N4O/c1-3-25-16(12(2)22-23-25)17(26)24-9-5-7-14(11-24)13-6-4-8-15(10-13)18(19,20)21/h4,6,8,10,14H,3,5,7,9,11H2,1-2H3. The van der Waals surface area contributed by atoms with Crippen LogP contribution in [0.1, 0.15) is 53.0 Å². The molecule has 0 spiro atoms. The van der Waals surface area contributed by atoms with Gasteiger partial charge in [0.15, 0.2) is 0 Å². The van der Waals surface area contributed by atoms with Crippen molar-refractivity contribution in [3.8, 4) is 0 Å². The smallest absolute Gasteiger partial charge is 0.337 e. The van der Waals surface area contributed by atoms with Gasteiger partial charge in [-0.25, -0.2) is 4.68 Å². The fraction of sp³-hybridized carbons (Fsp3) is 0.500. The van der Waals surface area contributed by atoms with Gasteiger partial charge in [-0.15, -0.1) is 5.10 Å². The summed E-state index contributed by atoms with van der Waals surface area (Å²) < 4.78 is 40.5. The third-order valence-electron chi connectivity index (χ3n) is 4.80. The summed E-state index contributed by atoms with van der Waals surface area (Å²) in [4.78, 5) is 14.6. The number of hydrogen-bond acceptors (Lipinski definition) is 3. The van der Waals surface area contributed by atoms with Gasteiger partial charge in [0.1, 0.15) is 5.69 Å². The van der Waals surface area contributed by atoms with E-state index in [0.29, 0.717) is 36.6 Å². The van der Waals surface area contributed by atoms with E-state index in [1.807, 2.05) is 6.92 Å². The molecule has 1 amide bonds.